The molecule has 0 bridgehead atoms. The van der Waals surface area contributed by atoms with Crippen LogP contribution in [0.2, 0.25) is 5.15 Å². The van der Waals surface area contributed by atoms with Gasteiger partial charge in [0.25, 0.3) is 5.78 Å². The number of fused-ring (bicyclic) bond motifs is 1. The van der Waals surface area contributed by atoms with Gasteiger partial charge in [0.1, 0.15) is 17.3 Å². The smallest absolute Gasteiger partial charge is 0.255 e. The van der Waals surface area contributed by atoms with Crippen LogP contribution in [0.4, 0.5) is 5.82 Å². The first-order valence-electron chi connectivity index (χ1n) is 6.57. The highest BCUT2D eigenvalue weighted by atomic mass is 35.5. The van der Waals surface area contributed by atoms with E-state index in [0.29, 0.717) is 10.9 Å². The number of anilines is 1. The maximum atomic E-state index is 5.95. The van der Waals surface area contributed by atoms with Crippen molar-refractivity contribution in [1.82, 2.24) is 24.5 Å². The molecule has 0 aliphatic carbocycles. The van der Waals surface area contributed by atoms with E-state index in [1.54, 1.807) is 10.6 Å². The number of hydrogen-bond donors (Lipinski definition) is 1. The molecule has 0 radical (unpaired) electrons. The maximum Gasteiger partial charge on any atom is 0.255 e. The van der Waals surface area contributed by atoms with E-state index in [9.17, 15) is 0 Å². The monoisotopic (exact) mass is 282 g/mol. The number of hydrogen-bond acceptors (Lipinski definition) is 5. The third kappa shape index (κ3) is 3.54. The van der Waals surface area contributed by atoms with Gasteiger partial charge in [-0.25, -0.2) is 0 Å². The maximum absolute atomic E-state index is 5.95. The normalized spacial score (nSPS) is 11.4. The van der Waals surface area contributed by atoms with Crippen molar-refractivity contribution < 1.29 is 0 Å². The zero-order chi connectivity index (χ0) is 13.7. The van der Waals surface area contributed by atoms with Gasteiger partial charge in [0, 0.05) is 12.6 Å². The number of halogens is 1. The fraction of sp³-hybridized carbons (Fsp3) is 0.583. The minimum Gasteiger partial charge on any atom is -0.370 e. The van der Waals surface area contributed by atoms with Crippen molar-refractivity contribution in [3.8, 4) is 0 Å². The first-order valence-corrected chi connectivity index (χ1v) is 6.95. The first-order chi connectivity index (χ1) is 9.24. The van der Waals surface area contributed by atoms with Gasteiger partial charge in [-0.05, 0) is 26.1 Å². The molecular formula is C12H19ClN6. The molecule has 2 heterocycles. The Labute approximate surface area is 117 Å². The van der Waals surface area contributed by atoms with Crippen LogP contribution in [0, 0.1) is 0 Å². The van der Waals surface area contributed by atoms with E-state index in [0.717, 1.165) is 38.4 Å². The summed E-state index contributed by atoms with van der Waals surface area (Å²) in [6.45, 7) is 8.48. The molecule has 6 nitrogen and oxygen atoms in total. The van der Waals surface area contributed by atoms with Crippen molar-refractivity contribution in [2.75, 3.05) is 31.5 Å². The lowest BCUT2D eigenvalue weighted by Crippen LogP contribution is -2.25. The number of nitrogens with zero attached hydrogens (tertiary/aromatic N) is 5. The van der Waals surface area contributed by atoms with Gasteiger partial charge in [-0.15, -0.1) is 0 Å². The SMILES string of the molecule is CCN(CC)CCCNc1cc(Cl)nc2ncnn12. The van der Waals surface area contributed by atoms with Crippen molar-refractivity contribution in [2.24, 2.45) is 0 Å². The lowest BCUT2D eigenvalue weighted by Gasteiger charge is -2.18. The Balaban J connectivity index is 1.92. The highest BCUT2D eigenvalue weighted by molar-refractivity contribution is 6.29. The van der Waals surface area contributed by atoms with Crippen molar-refractivity contribution in [3.05, 3.63) is 17.5 Å². The zero-order valence-corrected chi connectivity index (χ0v) is 12.1. The van der Waals surface area contributed by atoms with E-state index in [4.69, 9.17) is 11.6 Å². The molecule has 0 aliphatic heterocycles. The summed E-state index contributed by atoms with van der Waals surface area (Å²) in [7, 11) is 0. The summed E-state index contributed by atoms with van der Waals surface area (Å²) in [6.07, 6.45) is 2.54. The van der Waals surface area contributed by atoms with Gasteiger partial charge in [0.15, 0.2) is 0 Å². The summed E-state index contributed by atoms with van der Waals surface area (Å²) >= 11 is 5.95. The molecule has 0 amide bonds. The molecule has 0 aromatic carbocycles. The number of rotatable bonds is 7. The molecule has 0 atom stereocenters. The molecule has 0 saturated heterocycles. The van der Waals surface area contributed by atoms with Crippen LogP contribution in [0.3, 0.4) is 0 Å². The number of nitrogens with one attached hydrogen (secondary N) is 1. The fourth-order valence-electron chi connectivity index (χ4n) is 1.97. The molecule has 2 rings (SSSR count). The molecular weight excluding hydrogens is 264 g/mol. The quantitative estimate of drug-likeness (QED) is 0.621. The fourth-order valence-corrected chi connectivity index (χ4v) is 2.15. The summed E-state index contributed by atoms with van der Waals surface area (Å²) in [5.74, 6) is 1.34. The van der Waals surface area contributed by atoms with E-state index in [-0.39, 0.29) is 0 Å². The third-order valence-electron chi connectivity index (χ3n) is 3.07. The molecule has 0 spiro atoms. The standard InChI is InChI=1S/C12H19ClN6/c1-3-18(4-2)7-5-6-14-11-8-10(13)17-12-15-9-16-19(11)12/h8-9,14H,3-7H2,1-2H3. The van der Waals surface area contributed by atoms with Gasteiger partial charge in [0.05, 0.1) is 0 Å². The van der Waals surface area contributed by atoms with Crippen LogP contribution in [0.5, 0.6) is 0 Å². The highest BCUT2D eigenvalue weighted by Gasteiger charge is 2.06. The topological polar surface area (TPSA) is 58.3 Å². The Bertz CT molecular complexity index is 522. The molecule has 0 aliphatic rings. The van der Waals surface area contributed by atoms with Crippen LogP contribution in [-0.2, 0) is 0 Å². The Morgan fingerprint density at radius 3 is 2.89 bits per heavy atom. The Kier molecular flexibility index (Phi) is 4.93. The third-order valence-corrected chi connectivity index (χ3v) is 3.27. The van der Waals surface area contributed by atoms with Crippen LogP contribution >= 0.6 is 11.6 Å². The lowest BCUT2D eigenvalue weighted by molar-refractivity contribution is 0.303. The van der Waals surface area contributed by atoms with E-state index >= 15 is 0 Å². The van der Waals surface area contributed by atoms with E-state index in [1.165, 1.54) is 6.33 Å². The predicted octanol–water partition coefficient (Wildman–Crippen LogP) is 1.92. The Morgan fingerprint density at radius 1 is 1.37 bits per heavy atom. The Morgan fingerprint density at radius 2 is 2.16 bits per heavy atom. The summed E-state index contributed by atoms with van der Waals surface area (Å²) in [4.78, 5) is 10.5. The Hall–Kier alpha value is -1.40. The van der Waals surface area contributed by atoms with Gasteiger partial charge >= 0.3 is 0 Å². The molecule has 2 aromatic heterocycles. The minimum atomic E-state index is 0.423. The highest BCUT2D eigenvalue weighted by Crippen LogP contribution is 2.14. The largest absolute Gasteiger partial charge is 0.370 e. The van der Waals surface area contributed by atoms with E-state index < -0.39 is 0 Å². The second kappa shape index (κ2) is 6.68. The van der Waals surface area contributed by atoms with Gasteiger partial charge in [-0.1, -0.05) is 25.4 Å². The average molecular weight is 283 g/mol. The van der Waals surface area contributed by atoms with Crippen molar-refractivity contribution >= 4 is 23.2 Å². The average Bonchev–Trinajstić information content (AvgIpc) is 2.86. The second-order valence-corrected chi connectivity index (χ2v) is 4.63. The van der Waals surface area contributed by atoms with Gasteiger partial charge in [-0.2, -0.15) is 19.6 Å². The molecule has 1 N–H and O–H groups in total. The molecule has 0 unspecified atom stereocenters. The molecule has 19 heavy (non-hydrogen) atoms. The van der Waals surface area contributed by atoms with Gasteiger partial charge in [0.2, 0.25) is 0 Å². The van der Waals surface area contributed by atoms with Crippen LogP contribution in [0.15, 0.2) is 12.4 Å². The van der Waals surface area contributed by atoms with Gasteiger partial charge < -0.3 is 10.2 Å². The summed E-state index contributed by atoms with van der Waals surface area (Å²) in [6, 6.07) is 1.76. The summed E-state index contributed by atoms with van der Waals surface area (Å²) in [5, 5.41) is 7.87. The summed E-state index contributed by atoms with van der Waals surface area (Å²) in [5.41, 5.74) is 0. The molecule has 0 saturated carbocycles. The first kappa shape index (κ1) is 14.0. The second-order valence-electron chi connectivity index (χ2n) is 4.24. The van der Waals surface area contributed by atoms with Crippen molar-refractivity contribution in [3.63, 3.8) is 0 Å². The predicted molar refractivity (Wildman–Crippen MR) is 76.7 cm³/mol. The van der Waals surface area contributed by atoms with E-state index in [1.807, 2.05) is 0 Å². The van der Waals surface area contributed by atoms with Crippen LogP contribution in [0.25, 0.3) is 5.78 Å². The van der Waals surface area contributed by atoms with Crippen LogP contribution < -0.4 is 5.32 Å². The van der Waals surface area contributed by atoms with Crippen LogP contribution in [-0.4, -0.2) is 50.7 Å². The van der Waals surface area contributed by atoms with Gasteiger partial charge in [-0.3, -0.25) is 0 Å². The number of aromatic nitrogens is 4. The molecule has 7 heteroatoms. The molecule has 2 aromatic rings. The van der Waals surface area contributed by atoms with Crippen molar-refractivity contribution in [2.45, 2.75) is 20.3 Å². The van der Waals surface area contributed by atoms with E-state index in [2.05, 4.69) is 39.1 Å². The van der Waals surface area contributed by atoms with Crippen LogP contribution in [0.1, 0.15) is 20.3 Å². The molecule has 0 fully saturated rings. The lowest BCUT2D eigenvalue weighted by atomic mass is 10.3. The zero-order valence-electron chi connectivity index (χ0n) is 11.3. The molecule has 104 valence electrons. The summed E-state index contributed by atoms with van der Waals surface area (Å²) < 4.78 is 1.66. The van der Waals surface area contributed by atoms with Crippen molar-refractivity contribution in [1.29, 1.82) is 0 Å². The minimum absolute atomic E-state index is 0.423.